The normalized spacial score (nSPS) is 11.0. The summed E-state index contributed by atoms with van der Waals surface area (Å²) in [6.07, 6.45) is 0.219. The number of nitrogens with one attached hydrogen (secondary N) is 1. The summed E-state index contributed by atoms with van der Waals surface area (Å²) in [5.41, 5.74) is 7.00. The lowest BCUT2D eigenvalue weighted by Crippen LogP contribution is -2.18. The number of nitrogens with two attached hydrogens (primary N) is 1. The van der Waals surface area contributed by atoms with Gasteiger partial charge in [0.25, 0.3) is 5.91 Å². The molecule has 2 heterocycles. The highest BCUT2D eigenvalue weighted by Gasteiger charge is 2.26. The molecular weight excluding hydrogens is 510 g/mol. The molecule has 12 heteroatoms. The zero-order valence-electron chi connectivity index (χ0n) is 19.8. The summed E-state index contributed by atoms with van der Waals surface area (Å²) in [5.74, 6) is -0.861. The number of halogens is 1. The van der Waals surface area contributed by atoms with Gasteiger partial charge in [0.05, 0.1) is 22.3 Å². The van der Waals surface area contributed by atoms with E-state index in [1.54, 1.807) is 20.8 Å². The topological polar surface area (TPSA) is 129 Å². The van der Waals surface area contributed by atoms with Crippen molar-refractivity contribution < 1.29 is 19.1 Å². The molecule has 2 amide bonds. The minimum Gasteiger partial charge on any atom is -0.459 e. The van der Waals surface area contributed by atoms with E-state index in [-0.39, 0.29) is 33.2 Å². The molecule has 0 aliphatic rings. The number of carbonyl (C=O) groups excluding carboxylic acids is 3. The van der Waals surface area contributed by atoms with Gasteiger partial charge in [-0.2, -0.15) is 0 Å². The largest absolute Gasteiger partial charge is 0.459 e. The van der Waals surface area contributed by atoms with Gasteiger partial charge in [0.2, 0.25) is 5.91 Å². The Hall–Kier alpha value is -2.89. The zero-order valence-corrected chi connectivity index (χ0v) is 22.1. The zero-order chi connectivity index (χ0) is 25.7. The van der Waals surface area contributed by atoms with Crippen LogP contribution in [0.3, 0.4) is 0 Å². The van der Waals surface area contributed by atoms with Gasteiger partial charge in [-0.15, -0.1) is 21.5 Å². The number of ether oxygens (including phenoxy) is 1. The van der Waals surface area contributed by atoms with Crippen molar-refractivity contribution in [3.8, 4) is 0 Å². The van der Waals surface area contributed by atoms with Gasteiger partial charge in [0.15, 0.2) is 5.16 Å². The van der Waals surface area contributed by atoms with Gasteiger partial charge < -0.3 is 20.4 Å². The first-order chi connectivity index (χ1) is 16.6. The second kappa shape index (κ2) is 11.7. The number of carbonyl (C=O) groups is 3. The molecule has 0 radical (unpaired) electrons. The first-order valence-electron chi connectivity index (χ1n) is 10.8. The Morgan fingerprint density at radius 2 is 1.91 bits per heavy atom. The highest BCUT2D eigenvalue weighted by atomic mass is 35.5. The van der Waals surface area contributed by atoms with E-state index >= 15 is 0 Å². The summed E-state index contributed by atoms with van der Waals surface area (Å²) in [7, 11) is 0. The van der Waals surface area contributed by atoms with Crippen LogP contribution in [0.15, 0.2) is 29.4 Å². The van der Waals surface area contributed by atoms with E-state index in [4.69, 9.17) is 22.1 Å². The standard InChI is InChI=1S/C23H26ClN5O4S2/c1-5-29-16(10-14-6-8-15(24)9-7-14)27-28-23(29)34-11-17(30)26-21-18(22(32)33-12(2)3)13(4)19(35-21)20(25)31/h6-9,12H,5,10-11H2,1-4H3,(H2,25,31)(H,26,30). The SMILES string of the molecule is CCn1c(Cc2ccc(Cl)cc2)nnc1SCC(=O)Nc1sc(C(N)=O)c(C)c1C(=O)OC(C)C. The number of amides is 2. The number of primary amides is 1. The molecule has 0 unspecified atom stereocenters. The number of esters is 1. The fourth-order valence-corrected chi connectivity index (χ4v) is 5.32. The maximum absolute atomic E-state index is 12.7. The van der Waals surface area contributed by atoms with E-state index in [1.807, 2.05) is 35.8 Å². The Morgan fingerprint density at radius 1 is 1.23 bits per heavy atom. The number of thioether (sulfide) groups is 1. The van der Waals surface area contributed by atoms with Crippen LogP contribution in [0.1, 0.15) is 57.8 Å². The van der Waals surface area contributed by atoms with Crippen LogP contribution >= 0.6 is 34.7 Å². The summed E-state index contributed by atoms with van der Waals surface area (Å²) < 4.78 is 7.22. The molecule has 0 fully saturated rings. The predicted octanol–water partition coefficient (Wildman–Crippen LogP) is 4.31. The van der Waals surface area contributed by atoms with Gasteiger partial charge in [-0.3, -0.25) is 9.59 Å². The van der Waals surface area contributed by atoms with Crippen molar-refractivity contribution in [3.63, 3.8) is 0 Å². The minimum absolute atomic E-state index is 0.0284. The van der Waals surface area contributed by atoms with Gasteiger partial charge in [-0.25, -0.2) is 4.79 Å². The van der Waals surface area contributed by atoms with Crippen molar-refractivity contribution in [2.45, 2.75) is 51.9 Å². The number of thiophene rings is 1. The molecule has 0 saturated carbocycles. The number of hydrogen-bond donors (Lipinski definition) is 2. The van der Waals surface area contributed by atoms with E-state index in [2.05, 4.69) is 15.5 Å². The molecular formula is C23H26ClN5O4S2. The van der Waals surface area contributed by atoms with Crippen molar-refractivity contribution in [1.29, 1.82) is 0 Å². The molecule has 0 bridgehead atoms. The Labute approximate surface area is 216 Å². The molecule has 0 spiro atoms. The first kappa shape index (κ1) is 26.7. The Bertz CT molecular complexity index is 1240. The summed E-state index contributed by atoms with van der Waals surface area (Å²) in [5, 5.41) is 12.7. The molecule has 1 aromatic carbocycles. The molecule has 3 rings (SSSR count). The maximum Gasteiger partial charge on any atom is 0.341 e. The molecule has 2 aromatic heterocycles. The average Bonchev–Trinajstić information content (AvgIpc) is 3.33. The summed E-state index contributed by atoms with van der Waals surface area (Å²) in [6.45, 7) is 7.65. The first-order valence-corrected chi connectivity index (χ1v) is 13.0. The molecule has 9 nitrogen and oxygen atoms in total. The van der Waals surface area contributed by atoms with Crippen LogP contribution in [0.5, 0.6) is 0 Å². The predicted molar refractivity (Wildman–Crippen MR) is 137 cm³/mol. The third-order valence-electron chi connectivity index (χ3n) is 4.89. The molecule has 0 saturated heterocycles. The van der Waals surface area contributed by atoms with Gasteiger partial charge in [0.1, 0.15) is 10.8 Å². The van der Waals surface area contributed by atoms with Crippen LogP contribution in [0.4, 0.5) is 5.00 Å². The van der Waals surface area contributed by atoms with E-state index in [1.165, 1.54) is 11.8 Å². The quantitative estimate of drug-likeness (QED) is 0.292. The molecule has 0 aliphatic carbocycles. The molecule has 0 atom stereocenters. The van der Waals surface area contributed by atoms with Gasteiger partial charge in [0, 0.05) is 18.0 Å². The Morgan fingerprint density at radius 3 is 2.51 bits per heavy atom. The second-order valence-corrected chi connectivity index (χ2v) is 10.3. The number of benzene rings is 1. The highest BCUT2D eigenvalue weighted by molar-refractivity contribution is 7.99. The van der Waals surface area contributed by atoms with Crippen LogP contribution in [-0.2, 0) is 22.5 Å². The second-order valence-electron chi connectivity index (χ2n) is 7.86. The van der Waals surface area contributed by atoms with Crippen LogP contribution in [0.2, 0.25) is 5.02 Å². The smallest absolute Gasteiger partial charge is 0.341 e. The third-order valence-corrected chi connectivity index (χ3v) is 7.33. The van der Waals surface area contributed by atoms with E-state index in [0.29, 0.717) is 28.7 Å². The monoisotopic (exact) mass is 535 g/mol. The minimum atomic E-state index is -0.676. The van der Waals surface area contributed by atoms with Gasteiger partial charge >= 0.3 is 5.97 Å². The summed E-state index contributed by atoms with van der Waals surface area (Å²) >= 11 is 8.14. The van der Waals surface area contributed by atoms with Crippen molar-refractivity contribution >= 4 is 57.5 Å². The number of aromatic nitrogens is 3. The maximum atomic E-state index is 12.7. The lowest BCUT2D eigenvalue weighted by atomic mass is 10.1. The van der Waals surface area contributed by atoms with Crippen molar-refractivity contribution in [3.05, 3.63) is 56.7 Å². The Kier molecular flexibility index (Phi) is 8.92. The summed E-state index contributed by atoms with van der Waals surface area (Å²) in [4.78, 5) is 37.3. The van der Waals surface area contributed by atoms with Crippen LogP contribution in [0, 0.1) is 6.92 Å². The number of rotatable bonds is 10. The number of hydrogen-bond acceptors (Lipinski definition) is 8. The lowest BCUT2D eigenvalue weighted by Gasteiger charge is -2.10. The third kappa shape index (κ3) is 6.62. The van der Waals surface area contributed by atoms with Crippen LogP contribution < -0.4 is 11.1 Å². The number of nitrogens with zero attached hydrogens (tertiary/aromatic N) is 3. The molecule has 186 valence electrons. The van der Waals surface area contributed by atoms with E-state index in [0.717, 1.165) is 22.7 Å². The van der Waals surface area contributed by atoms with E-state index in [9.17, 15) is 14.4 Å². The van der Waals surface area contributed by atoms with Crippen molar-refractivity contribution in [2.75, 3.05) is 11.1 Å². The van der Waals surface area contributed by atoms with Gasteiger partial charge in [-0.1, -0.05) is 35.5 Å². The molecule has 35 heavy (non-hydrogen) atoms. The Balaban J connectivity index is 1.72. The molecule has 3 N–H and O–H groups in total. The summed E-state index contributed by atoms with van der Waals surface area (Å²) in [6, 6.07) is 7.51. The van der Waals surface area contributed by atoms with Crippen LogP contribution in [0.25, 0.3) is 0 Å². The average molecular weight is 536 g/mol. The fourth-order valence-electron chi connectivity index (χ4n) is 3.31. The van der Waals surface area contributed by atoms with Crippen LogP contribution in [-0.4, -0.2) is 44.4 Å². The van der Waals surface area contributed by atoms with Crippen molar-refractivity contribution in [2.24, 2.45) is 5.73 Å². The number of anilines is 1. The molecule has 0 aliphatic heterocycles. The fraction of sp³-hybridized carbons (Fsp3) is 0.348. The van der Waals surface area contributed by atoms with E-state index < -0.39 is 11.9 Å². The molecule has 3 aromatic rings. The lowest BCUT2D eigenvalue weighted by molar-refractivity contribution is -0.113. The highest BCUT2D eigenvalue weighted by Crippen LogP contribution is 2.34. The van der Waals surface area contributed by atoms with Gasteiger partial charge in [-0.05, 0) is 51.0 Å². The van der Waals surface area contributed by atoms with Crippen molar-refractivity contribution in [1.82, 2.24) is 14.8 Å².